The third-order valence-electron chi connectivity index (χ3n) is 2.30. The molecular formula is C13H21ClOSi. The van der Waals surface area contributed by atoms with Crippen molar-refractivity contribution in [3.05, 3.63) is 34.9 Å². The minimum absolute atomic E-state index is 0.158. The molecule has 0 aromatic heterocycles. The predicted octanol–water partition coefficient (Wildman–Crippen LogP) is 5.03. The van der Waals surface area contributed by atoms with E-state index >= 15 is 0 Å². The van der Waals surface area contributed by atoms with Crippen molar-refractivity contribution >= 4 is 19.9 Å². The van der Waals surface area contributed by atoms with E-state index in [0.717, 1.165) is 23.4 Å². The van der Waals surface area contributed by atoms with Crippen LogP contribution < -0.4 is 0 Å². The summed E-state index contributed by atoms with van der Waals surface area (Å²) in [6.07, 6.45) is 2.30. The molecule has 0 saturated carbocycles. The van der Waals surface area contributed by atoms with Crippen molar-refractivity contribution in [3.8, 4) is 0 Å². The fraction of sp³-hybridized carbons (Fsp3) is 0.538. The van der Waals surface area contributed by atoms with Crippen molar-refractivity contribution < 1.29 is 4.43 Å². The number of rotatable bonds is 5. The summed E-state index contributed by atoms with van der Waals surface area (Å²) in [5, 5.41) is 0.819. The van der Waals surface area contributed by atoms with Crippen LogP contribution in [-0.4, -0.2) is 8.32 Å². The molecule has 0 spiro atoms. The monoisotopic (exact) mass is 256 g/mol. The Morgan fingerprint density at radius 3 is 2.38 bits per heavy atom. The first-order valence-electron chi connectivity index (χ1n) is 5.86. The molecule has 1 unspecified atom stereocenters. The van der Waals surface area contributed by atoms with E-state index in [0.29, 0.717) is 0 Å². The molecule has 0 aliphatic carbocycles. The highest BCUT2D eigenvalue weighted by Crippen LogP contribution is 2.31. The summed E-state index contributed by atoms with van der Waals surface area (Å²) < 4.78 is 6.20. The Labute approximate surface area is 105 Å². The molecule has 0 heterocycles. The summed E-state index contributed by atoms with van der Waals surface area (Å²) >= 11 is 6.22. The van der Waals surface area contributed by atoms with Crippen molar-refractivity contribution in [1.29, 1.82) is 0 Å². The smallest absolute Gasteiger partial charge is 0.184 e. The van der Waals surface area contributed by atoms with E-state index in [2.05, 4.69) is 32.6 Å². The maximum absolute atomic E-state index is 6.22. The molecule has 0 saturated heterocycles. The van der Waals surface area contributed by atoms with E-state index in [-0.39, 0.29) is 6.10 Å². The van der Waals surface area contributed by atoms with Gasteiger partial charge in [0.2, 0.25) is 0 Å². The molecule has 16 heavy (non-hydrogen) atoms. The lowest BCUT2D eigenvalue weighted by molar-refractivity contribution is 0.186. The summed E-state index contributed by atoms with van der Waals surface area (Å²) in [4.78, 5) is 0. The van der Waals surface area contributed by atoms with Crippen LogP contribution in [0.4, 0.5) is 0 Å². The lowest BCUT2D eigenvalue weighted by Gasteiger charge is -2.27. The number of hydrogen-bond acceptors (Lipinski definition) is 1. The normalized spacial score (nSPS) is 13.8. The largest absolute Gasteiger partial charge is 0.411 e. The van der Waals surface area contributed by atoms with E-state index in [1.165, 1.54) is 0 Å². The van der Waals surface area contributed by atoms with Crippen LogP contribution in [0.2, 0.25) is 24.7 Å². The summed E-state index contributed by atoms with van der Waals surface area (Å²) in [5.74, 6) is 0. The molecule has 0 aliphatic heterocycles. The Morgan fingerprint density at radius 1 is 1.25 bits per heavy atom. The molecule has 1 aromatic carbocycles. The Hall–Kier alpha value is -0.313. The maximum atomic E-state index is 6.22. The Morgan fingerprint density at radius 2 is 1.88 bits per heavy atom. The highest BCUT2D eigenvalue weighted by Gasteiger charge is 2.23. The molecule has 90 valence electrons. The van der Waals surface area contributed by atoms with Gasteiger partial charge in [0, 0.05) is 5.02 Å². The molecule has 1 nitrogen and oxygen atoms in total. The van der Waals surface area contributed by atoms with Gasteiger partial charge in [-0.3, -0.25) is 0 Å². The van der Waals surface area contributed by atoms with Gasteiger partial charge in [-0.15, -0.1) is 0 Å². The zero-order valence-electron chi connectivity index (χ0n) is 10.6. The van der Waals surface area contributed by atoms with Crippen LogP contribution in [0.25, 0.3) is 0 Å². The van der Waals surface area contributed by atoms with Gasteiger partial charge < -0.3 is 4.43 Å². The van der Waals surface area contributed by atoms with Crippen molar-refractivity contribution in [3.63, 3.8) is 0 Å². The van der Waals surface area contributed by atoms with Gasteiger partial charge in [-0.1, -0.05) is 43.1 Å². The van der Waals surface area contributed by atoms with Gasteiger partial charge in [0.05, 0.1) is 6.10 Å². The SMILES string of the molecule is CCCC(O[Si](C)(C)C)c1ccccc1Cl. The highest BCUT2D eigenvalue weighted by molar-refractivity contribution is 6.69. The van der Waals surface area contributed by atoms with Gasteiger partial charge in [-0.05, 0) is 37.7 Å². The highest BCUT2D eigenvalue weighted by atomic mass is 35.5. The number of hydrogen-bond donors (Lipinski definition) is 0. The van der Waals surface area contributed by atoms with Crippen LogP contribution in [0.15, 0.2) is 24.3 Å². The molecule has 0 fully saturated rings. The molecule has 0 aliphatic rings. The van der Waals surface area contributed by atoms with E-state index in [1.54, 1.807) is 0 Å². The van der Waals surface area contributed by atoms with Crippen LogP contribution in [0.1, 0.15) is 31.4 Å². The third-order valence-corrected chi connectivity index (χ3v) is 3.63. The fourth-order valence-electron chi connectivity index (χ4n) is 1.70. The maximum Gasteiger partial charge on any atom is 0.184 e. The van der Waals surface area contributed by atoms with Gasteiger partial charge >= 0.3 is 0 Å². The molecule has 1 rings (SSSR count). The Balaban J connectivity index is 2.89. The summed E-state index contributed by atoms with van der Waals surface area (Å²) in [7, 11) is -1.52. The molecular weight excluding hydrogens is 236 g/mol. The fourth-order valence-corrected chi connectivity index (χ4v) is 3.06. The van der Waals surface area contributed by atoms with Crippen molar-refractivity contribution in [2.45, 2.75) is 45.5 Å². The lowest BCUT2D eigenvalue weighted by Crippen LogP contribution is -2.28. The quantitative estimate of drug-likeness (QED) is 0.671. The molecule has 0 N–H and O–H groups in total. The van der Waals surface area contributed by atoms with Gasteiger partial charge in [0.1, 0.15) is 0 Å². The molecule has 0 radical (unpaired) electrons. The minimum Gasteiger partial charge on any atom is -0.411 e. The predicted molar refractivity (Wildman–Crippen MR) is 73.5 cm³/mol. The lowest BCUT2D eigenvalue weighted by atomic mass is 10.1. The van der Waals surface area contributed by atoms with Crippen LogP contribution >= 0.6 is 11.6 Å². The van der Waals surface area contributed by atoms with E-state index < -0.39 is 8.32 Å². The average Bonchev–Trinajstić information content (AvgIpc) is 2.16. The Bertz CT molecular complexity index is 333. The van der Waals surface area contributed by atoms with Crippen LogP contribution in [0, 0.1) is 0 Å². The zero-order chi connectivity index (χ0) is 12.2. The van der Waals surface area contributed by atoms with E-state index in [1.807, 2.05) is 18.2 Å². The van der Waals surface area contributed by atoms with Crippen molar-refractivity contribution in [2.24, 2.45) is 0 Å². The second kappa shape index (κ2) is 5.85. The second-order valence-corrected chi connectivity index (χ2v) is 9.90. The standard InChI is InChI=1S/C13H21ClOSi/c1-5-8-13(15-16(2,3)4)11-9-6-7-10-12(11)14/h6-7,9-10,13H,5,8H2,1-4H3. The van der Waals surface area contributed by atoms with Gasteiger partial charge in [0.15, 0.2) is 8.32 Å². The van der Waals surface area contributed by atoms with Crippen LogP contribution in [-0.2, 0) is 4.43 Å². The first-order valence-corrected chi connectivity index (χ1v) is 9.65. The third kappa shape index (κ3) is 4.28. The first-order chi connectivity index (χ1) is 7.44. The molecule has 1 aromatic rings. The zero-order valence-corrected chi connectivity index (χ0v) is 12.3. The second-order valence-electron chi connectivity index (χ2n) is 5.03. The van der Waals surface area contributed by atoms with Gasteiger partial charge in [0.25, 0.3) is 0 Å². The topological polar surface area (TPSA) is 9.23 Å². The summed E-state index contributed by atoms with van der Waals surface area (Å²) in [5.41, 5.74) is 1.13. The summed E-state index contributed by atoms with van der Waals surface area (Å²) in [6.45, 7) is 8.82. The number of benzene rings is 1. The molecule has 0 amide bonds. The minimum atomic E-state index is -1.52. The molecule has 1 atom stereocenters. The van der Waals surface area contributed by atoms with E-state index in [4.69, 9.17) is 16.0 Å². The van der Waals surface area contributed by atoms with Gasteiger partial charge in [-0.25, -0.2) is 0 Å². The molecule has 3 heteroatoms. The molecule has 0 bridgehead atoms. The van der Waals surface area contributed by atoms with Gasteiger partial charge in [-0.2, -0.15) is 0 Å². The average molecular weight is 257 g/mol. The van der Waals surface area contributed by atoms with Crippen LogP contribution in [0.3, 0.4) is 0 Å². The van der Waals surface area contributed by atoms with E-state index in [9.17, 15) is 0 Å². The first kappa shape index (κ1) is 13.8. The van der Waals surface area contributed by atoms with Crippen molar-refractivity contribution in [1.82, 2.24) is 0 Å². The Kier molecular flexibility index (Phi) is 5.03. The number of halogens is 1. The summed E-state index contributed by atoms with van der Waals surface area (Å²) in [6, 6.07) is 8.00. The van der Waals surface area contributed by atoms with Crippen LogP contribution in [0.5, 0.6) is 0 Å². The van der Waals surface area contributed by atoms with Crippen molar-refractivity contribution in [2.75, 3.05) is 0 Å².